The molecule has 0 aliphatic carbocycles. The summed E-state index contributed by atoms with van der Waals surface area (Å²) in [6.07, 6.45) is 7.58. The van der Waals surface area contributed by atoms with Crippen LogP contribution in [-0.4, -0.2) is 24.7 Å². The first kappa shape index (κ1) is 8.27. The van der Waals surface area contributed by atoms with Crippen LogP contribution < -0.4 is 0 Å². The fourth-order valence-corrected chi connectivity index (χ4v) is 1.90. The monoisotopic (exact) mass is 170 g/mol. The van der Waals surface area contributed by atoms with Gasteiger partial charge in [-0.1, -0.05) is 12.2 Å². The second-order valence-corrected chi connectivity index (χ2v) is 3.93. The summed E-state index contributed by atoms with van der Waals surface area (Å²) < 4.78 is 4.61. The molecule has 0 aromatic rings. The number of carbonyl (C=O) groups is 1. The van der Waals surface area contributed by atoms with Crippen molar-refractivity contribution >= 4 is 21.8 Å². The first-order valence-electron chi connectivity index (χ1n) is 3.20. The average Bonchev–Trinajstić information content (AvgIpc) is 2.04. The van der Waals surface area contributed by atoms with Gasteiger partial charge in [-0.25, -0.2) is 4.79 Å². The smallest absolute Gasteiger partial charge is 0.343 e. The van der Waals surface area contributed by atoms with Gasteiger partial charge in [0.05, 0.1) is 12.0 Å². The van der Waals surface area contributed by atoms with E-state index >= 15 is 0 Å². The van der Waals surface area contributed by atoms with Gasteiger partial charge in [-0.05, 0) is 17.7 Å². The molecule has 0 aromatic heterocycles. The molecular weight excluding hydrogens is 160 g/mol. The van der Waals surface area contributed by atoms with Crippen LogP contribution in [0.2, 0.25) is 0 Å². The summed E-state index contributed by atoms with van der Waals surface area (Å²) in [5.41, 5.74) is 0. The number of hydrogen-bond donors (Lipinski definition) is 0. The number of esters is 1. The predicted octanol–water partition coefficient (Wildman–Crippen LogP) is 1.31. The van der Waals surface area contributed by atoms with Crippen LogP contribution in [0.4, 0.5) is 0 Å². The molecular formula is C8H10O2S. The maximum absolute atomic E-state index is 11.0. The molecule has 2 nitrogen and oxygen atoms in total. The highest BCUT2D eigenvalue weighted by atomic mass is 32.2. The van der Waals surface area contributed by atoms with E-state index in [1.54, 1.807) is 6.08 Å². The average molecular weight is 170 g/mol. The Kier molecular flexibility index (Phi) is 2.65. The quantitative estimate of drug-likeness (QED) is 0.438. The Bertz CT molecular complexity index is 261. The van der Waals surface area contributed by atoms with E-state index in [1.165, 1.54) is 7.11 Å². The summed E-state index contributed by atoms with van der Waals surface area (Å²) in [7, 11) is 1.32. The number of methoxy groups -OCH3 is 1. The Hall–Kier alpha value is -0.830. The minimum absolute atomic E-state index is 0.0832. The number of rotatable bonds is 1. The van der Waals surface area contributed by atoms with E-state index < -0.39 is 0 Å². The highest BCUT2D eigenvalue weighted by Gasteiger charge is 2.10. The van der Waals surface area contributed by atoms with Crippen molar-refractivity contribution in [2.45, 2.75) is 0 Å². The van der Waals surface area contributed by atoms with Gasteiger partial charge >= 0.3 is 5.97 Å². The summed E-state index contributed by atoms with van der Waals surface area (Å²) in [6.45, 7) is 0. The van der Waals surface area contributed by atoms with E-state index in [1.807, 2.05) is 23.8 Å². The van der Waals surface area contributed by atoms with Crippen molar-refractivity contribution in [2.24, 2.45) is 0 Å². The van der Waals surface area contributed by atoms with Crippen molar-refractivity contribution in [1.82, 2.24) is 0 Å². The van der Waals surface area contributed by atoms with Gasteiger partial charge in [-0.3, -0.25) is 0 Å². The molecule has 0 saturated heterocycles. The maximum Gasteiger partial charge on any atom is 0.343 e. The zero-order valence-corrected chi connectivity index (χ0v) is 7.35. The molecule has 0 N–H and O–H groups in total. The number of allylic oxidation sites excluding steroid dienone is 3. The molecule has 1 aliphatic rings. The minimum Gasteiger partial charge on any atom is -0.465 e. The third kappa shape index (κ3) is 1.80. The van der Waals surface area contributed by atoms with Crippen molar-refractivity contribution in [3.8, 4) is 0 Å². The molecule has 60 valence electrons. The van der Waals surface area contributed by atoms with E-state index in [2.05, 4.69) is 4.74 Å². The first-order chi connectivity index (χ1) is 5.25. The van der Waals surface area contributed by atoms with Gasteiger partial charge in [0.15, 0.2) is 0 Å². The molecule has 0 radical (unpaired) electrons. The van der Waals surface area contributed by atoms with Crippen LogP contribution in [0.5, 0.6) is 0 Å². The molecule has 1 atom stereocenters. The summed E-state index contributed by atoms with van der Waals surface area (Å²) in [6, 6.07) is 0. The van der Waals surface area contributed by atoms with Crippen LogP contribution in [0.25, 0.3) is 0 Å². The van der Waals surface area contributed by atoms with Gasteiger partial charge in [0, 0.05) is 0 Å². The second kappa shape index (κ2) is 3.53. The Morgan fingerprint density at radius 2 is 2.27 bits per heavy atom. The Morgan fingerprint density at radius 1 is 1.55 bits per heavy atom. The Labute approximate surface area is 68.5 Å². The fourth-order valence-electron chi connectivity index (χ4n) is 0.787. The third-order valence-corrected chi connectivity index (χ3v) is 2.94. The van der Waals surface area contributed by atoms with Gasteiger partial charge in [0.2, 0.25) is 0 Å². The number of hydrogen-bond acceptors (Lipinski definition) is 2. The molecule has 1 heterocycles. The van der Waals surface area contributed by atoms with Gasteiger partial charge in [-0.2, -0.15) is 10.5 Å². The number of carbonyl (C=O) groups excluding carboxylic acids is 1. The lowest BCUT2D eigenvalue weighted by molar-refractivity contribution is -0.135. The molecule has 0 aromatic carbocycles. The molecule has 0 amide bonds. The first-order valence-corrected chi connectivity index (χ1v) is 4.90. The molecule has 0 saturated carbocycles. The van der Waals surface area contributed by atoms with Crippen LogP contribution in [0.15, 0.2) is 23.1 Å². The summed E-state index contributed by atoms with van der Waals surface area (Å²) >= 11 is 0. The van der Waals surface area contributed by atoms with Crippen molar-refractivity contribution in [1.29, 1.82) is 0 Å². The van der Waals surface area contributed by atoms with E-state index in [0.717, 1.165) is 4.91 Å². The molecule has 3 heteroatoms. The van der Waals surface area contributed by atoms with E-state index in [0.29, 0.717) is 0 Å². The molecule has 1 aliphatic heterocycles. The zero-order valence-electron chi connectivity index (χ0n) is 6.53. The molecule has 11 heavy (non-hydrogen) atoms. The van der Waals surface area contributed by atoms with Crippen LogP contribution in [0, 0.1) is 0 Å². The van der Waals surface area contributed by atoms with Crippen LogP contribution in [-0.2, 0) is 9.53 Å². The summed E-state index contributed by atoms with van der Waals surface area (Å²) in [5, 5.41) is 1.99. The van der Waals surface area contributed by atoms with Crippen LogP contribution in [0.3, 0.4) is 0 Å². The van der Waals surface area contributed by atoms with E-state index in [4.69, 9.17) is 0 Å². The lowest BCUT2D eigenvalue weighted by Gasteiger charge is -2.07. The molecule has 1 rings (SSSR count). The SMILES string of the molecule is COC(=O)C1=CC=CC=S1C. The highest BCUT2D eigenvalue weighted by molar-refractivity contribution is 8.18. The molecule has 0 spiro atoms. The Balaban J connectivity index is 2.89. The van der Waals surface area contributed by atoms with Crippen molar-refractivity contribution in [3.05, 3.63) is 23.1 Å². The molecule has 1 unspecified atom stereocenters. The van der Waals surface area contributed by atoms with Gasteiger partial charge < -0.3 is 4.74 Å². The Morgan fingerprint density at radius 3 is 2.82 bits per heavy atom. The zero-order chi connectivity index (χ0) is 8.27. The van der Waals surface area contributed by atoms with Gasteiger partial charge in [0.25, 0.3) is 0 Å². The van der Waals surface area contributed by atoms with Gasteiger partial charge in [0.1, 0.15) is 0 Å². The number of ether oxygens (including phenoxy) is 1. The largest absolute Gasteiger partial charge is 0.465 e. The normalized spacial score (nSPS) is 22.0. The molecule has 0 fully saturated rings. The van der Waals surface area contributed by atoms with Crippen molar-refractivity contribution < 1.29 is 9.53 Å². The summed E-state index contributed by atoms with van der Waals surface area (Å²) in [5.74, 6) is -0.226. The fraction of sp³-hybridized carbons (Fsp3) is 0.250. The highest BCUT2D eigenvalue weighted by Crippen LogP contribution is 2.23. The topological polar surface area (TPSA) is 26.3 Å². The molecule has 0 bridgehead atoms. The standard InChI is InChI=1S/C8H10O2S/c1-10-8(9)7-5-3-4-6-11(7)2/h3-6H,1-2H3. The van der Waals surface area contributed by atoms with Gasteiger partial charge in [-0.15, -0.1) is 0 Å². The maximum atomic E-state index is 11.0. The van der Waals surface area contributed by atoms with E-state index in [9.17, 15) is 4.79 Å². The summed E-state index contributed by atoms with van der Waals surface area (Å²) in [4.78, 5) is 11.8. The van der Waals surface area contributed by atoms with E-state index in [-0.39, 0.29) is 16.5 Å². The third-order valence-electron chi connectivity index (χ3n) is 1.37. The van der Waals surface area contributed by atoms with Crippen LogP contribution >= 0.6 is 10.5 Å². The minimum atomic E-state index is -0.226. The second-order valence-electron chi connectivity index (χ2n) is 2.10. The lowest BCUT2D eigenvalue weighted by Crippen LogP contribution is -2.04. The van der Waals surface area contributed by atoms with Crippen molar-refractivity contribution in [2.75, 3.05) is 13.4 Å². The van der Waals surface area contributed by atoms with Crippen LogP contribution in [0.1, 0.15) is 0 Å². The lowest BCUT2D eigenvalue weighted by atomic mass is 10.4. The van der Waals surface area contributed by atoms with Crippen molar-refractivity contribution in [3.63, 3.8) is 0 Å². The predicted molar refractivity (Wildman–Crippen MR) is 48.8 cm³/mol.